The van der Waals surface area contributed by atoms with Gasteiger partial charge in [-0.15, -0.1) is 12.6 Å². The van der Waals surface area contributed by atoms with Crippen LogP contribution in [0.25, 0.3) is 10.9 Å². The average Bonchev–Trinajstić information content (AvgIpc) is 2.36. The minimum atomic E-state index is -0.466. The van der Waals surface area contributed by atoms with Crippen LogP contribution in [-0.2, 0) is 4.74 Å². The van der Waals surface area contributed by atoms with E-state index in [4.69, 9.17) is 4.74 Å². The van der Waals surface area contributed by atoms with Gasteiger partial charge in [0.25, 0.3) is 0 Å². The first-order chi connectivity index (χ1) is 8.15. The average molecular weight is 249 g/mol. The predicted octanol–water partition coefficient (Wildman–Crippen LogP) is 2.32. The Balaban J connectivity index is 2.68. The lowest BCUT2D eigenvalue weighted by Gasteiger charge is -2.07. The lowest BCUT2D eigenvalue weighted by Crippen LogP contribution is -2.05. The van der Waals surface area contributed by atoms with Crippen molar-refractivity contribution in [3.8, 4) is 5.88 Å². The molecule has 0 spiro atoms. The molecule has 0 saturated carbocycles. The molecule has 1 aromatic heterocycles. The maximum absolute atomic E-state index is 11.5. The Morgan fingerprint density at radius 1 is 1.29 bits per heavy atom. The molecule has 0 bridgehead atoms. The standard InChI is InChI=1S/C12H11NO3S/c1-15-11-9(12(14)16-2)5-7-3-4-8(17)6-10(7)13-11/h3-6,17H,1-2H3. The van der Waals surface area contributed by atoms with Crippen LogP contribution in [0.5, 0.6) is 5.88 Å². The molecule has 0 aliphatic carbocycles. The summed E-state index contributed by atoms with van der Waals surface area (Å²) in [5, 5.41) is 0.837. The van der Waals surface area contributed by atoms with Gasteiger partial charge < -0.3 is 9.47 Å². The molecule has 0 unspecified atom stereocenters. The van der Waals surface area contributed by atoms with Crippen LogP contribution in [-0.4, -0.2) is 25.2 Å². The maximum atomic E-state index is 11.5. The van der Waals surface area contributed by atoms with E-state index >= 15 is 0 Å². The maximum Gasteiger partial charge on any atom is 0.343 e. The van der Waals surface area contributed by atoms with Crippen molar-refractivity contribution in [1.29, 1.82) is 0 Å². The van der Waals surface area contributed by atoms with Crippen LogP contribution in [0.15, 0.2) is 29.2 Å². The van der Waals surface area contributed by atoms with Crippen LogP contribution < -0.4 is 4.74 Å². The molecule has 88 valence electrons. The molecule has 0 aliphatic heterocycles. The van der Waals surface area contributed by atoms with Gasteiger partial charge in [0.15, 0.2) is 0 Å². The lowest BCUT2D eigenvalue weighted by molar-refractivity contribution is 0.0596. The first-order valence-electron chi connectivity index (χ1n) is 4.92. The Bertz CT molecular complexity index is 583. The van der Waals surface area contributed by atoms with Crippen LogP contribution in [0, 0.1) is 0 Å². The second kappa shape index (κ2) is 4.63. The summed E-state index contributed by atoms with van der Waals surface area (Å²) in [6.07, 6.45) is 0. The van der Waals surface area contributed by atoms with Gasteiger partial charge in [-0.2, -0.15) is 0 Å². The molecule has 1 heterocycles. The van der Waals surface area contributed by atoms with Crippen molar-refractivity contribution in [1.82, 2.24) is 4.98 Å². The van der Waals surface area contributed by atoms with Gasteiger partial charge in [-0.1, -0.05) is 6.07 Å². The molecule has 0 N–H and O–H groups in total. The molecule has 0 saturated heterocycles. The fourth-order valence-corrected chi connectivity index (χ4v) is 1.75. The van der Waals surface area contributed by atoms with Crippen molar-refractivity contribution >= 4 is 29.5 Å². The largest absolute Gasteiger partial charge is 0.480 e. The topological polar surface area (TPSA) is 48.4 Å². The summed E-state index contributed by atoms with van der Waals surface area (Å²) in [4.78, 5) is 16.6. The van der Waals surface area contributed by atoms with Gasteiger partial charge in [-0.3, -0.25) is 0 Å². The van der Waals surface area contributed by atoms with Gasteiger partial charge in [0.05, 0.1) is 19.7 Å². The highest BCUT2D eigenvalue weighted by Crippen LogP contribution is 2.24. The Morgan fingerprint density at radius 3 is 2.71 bits per heavy atom. The van der Waals surface area contributed by atoms with Crippen molar-refractivity contribution in [2.45, 2.75) is 4.90 Å². The number of thiol groups is 1. The second-order valence-electron chi connectivity index (χ2n) is 3.41. The van der Waals surface area contributed by atoms with Gasteiger partial charge in [-0.05, 0) is 18.2 Å². The SMILES string of the molecule is COC(=O)c1cc2ccc(S)cc2nc1OC. The number of carbonyl (C=O) groups is 1. The lowest BCUT2D eigenvalue weighted by atomic mass is 10.1. The molecule has 0 fully saturated rings. The van der Waals surface area contributed by atoms with Crippen molar-refractivity contribution in [3.05, 3.63) is 29.8 Å². The number of benzene rings is 1. The number of aromatic nitrogens is 1. The zero-order valence-electron chi connectivity index (χ0n) is 9.43. The summed E-state index contributed by atoms with van der Waals surface area (Å²) in [7, 11) is 2.79. The Hall–Kier alpha value is -1.75. The molecule has 0 radical (unpaired) electrons. The van der Waals surface area contributed by atoms with E-state index in [0.717, 1.165) is 15.8 Å². The molecule has 17 heavy (non-hydrogen) atoms. The van der Waals surface area contributed by atoms with E-state index in [1.54, 1.807) is 6.07 Å². The van der Waals surface area contributed by atoms with Crippen LogP contribution in [0.4, 0.5) is 0 Å². The fourth-order valence-electron chi connectivity index (χ4n) is 1.55. The van der Waals surface area contributed by atoms with Crippen LogP contribution in [0.3, 0.4) is 0 Å². The molecule has 0 aliphatic rings. The number of hydrogen-bond donors (Lipinski definition) is 1. The third-order valence-corrected chi connectivity index (χ3v) is 2.64. The molecule has 4 nitrogen and oxygen atoms in total. The normalized spacial score (nSPS) is 10.3. The van der Waals surface area contributed by atoms with E-state index in [1.165, 1.54) is 14.2 Å². The van der Waals surface area contributed by atoms with Crippen molar-refractivity contribution in [3.63, 3.8) is 0 Å². The van der Waals surface area contributed by atoms with Crippen LogP contribution in [0.2, 0.25) is 0 Å². The zero-order valence-corrected chi connectivity index (χ0v) is 10.3. The first-order valence-corrected chi connectivity index (χ1v) is 5.36. The number of carbonyl (C=O) groups excluding carboxylic acids is 1. The number of ether oxygens (including phenoxy) is 2. The molecule has 0 amide bonds. The van der Waals surface area contributed by atoms with Crippen molar-refractivity contribution in [2.24, 2.45) is 0 Å². The number of methoxy groups -OCH3 is 2. The Kier molecular flexibility index (Phi) is 3.19. The Labute approximate surface area is 104 Å². The van der Waals surface area contributed by atoms with Crippen LogP contribution >= 0.6 is 12.6 Å². The van der Waals surface area contributed by atoms with E-state index in [2.05, 4.69) is 22.3 Å². The monoisotopic (exact) mass is 249 g/mol. The van der Waals surface area contributed by atoms with Gasteiger partial charge in [0, 0.05) is 10.3 Å². The first kappa shape index (κ1) is 11.7. The predicted molar refractivity (Wildman–Crippen MR) is 66.9 cm³/mol. The van der Waals surface area contributed by atoms with Crippen molar-refractivity contribution in [2.75, 3.05) is 14.2 Å². The Morgan fingerprint density at radius 2 is 2.06 bits per heavy atom. The summed E-state index contributed by atoms with van der Waals surface area (Å²) in [6, 6.07) is 7.18. The second-order valence-corrected chi connectivity index (χ2v) is 3.93. The van der Waals surface area contributed by atoms with Crippen LogP contribution in [0.1, 0.15) is 10.4 Å². The summed E-state index contributed by atoms with van der Waals surface area (Å²) < 4.78 is 9.76. The van der Waals surface area contributed by atoms with E-state index in [1.807, 2.05) is 18.2 Å². The quantitative estimate of drug-likeness (QED) is 0.655. The van der Waals surface area contributed by atoms with E-state index in [0.29, 0.717) is 5.56 Å². The highest BCUT2D eigenvalue weighted by molar-refractivity contribution is 7.80. The third-order valence-electron chi connectivity index (χ3n) is 2.36. The number of rotatable bonds is 2. The van der Waals surface area contributed by atoms with Gasteiger partial charge in [0.1, 0.15) is 5.56 Å². The number of nitrogens with zero attached hydrogens (tertiary/aromatic N) is 1. The summed E-state index contributed by atoms with van der Waals surface area (Å²) in [6.45, 7) is 0. The molecule has 1 aromatic carbocycles. The number of fused-ring (bicyclic) bond motifs is 1. The molecule has 5 heteroatoms. The molecular formula is C12H11NO3S. The number of pyridine rings is 1. The number of hydrogen-bond acceptors (Lipinski definition) is 5. The summed E-state index contributed by atoms with van der Waals surface area (Å²) >= 11 is 4.24. The third kappa shape index (κ3) is 2.19. The molecular weight excluding hydrogens is 238 g/mol. The smallest absolute Gasteiger partial charge is 0.343 e. The minimum absolute atomic E-state index is 0.253. The highest BCUT2D eigenvalue weighted by atomic mass is 32.1. The van der Waals surface area contributed by atoms with Gasteiger partial charge in [-0.25, -0.2) is 9.78 Å². The van der Waals surface area contributed by atoms with Gasteiger partial charge in [0.2, 0.25) is 5.88 Å². The minimum Gasteiger partial charge on any atom is -0.480 e. The van der Waals surface area contributed by atoms with Crippen molar-refractivity contribution < 1.29 is 14.3 Å². The fraction of sp³-hybridized carbons (Fsp3) is 0.167. The number of esters is 1. The summed E-state index contributed by atoms with van der Waals surface area (Å²) in [5.74, 6) is -0.213. The summed E-state index contributed by atoms with van der Waals surface area (Å²) in [5.41, 5.74) is 1.04. The molecule has 2 aromatic rings. The van der Waals surface area contributed by atoms with E-state index in [9.17, 15) is 4.79 Å². The zero-order chi connectivity index (χ0) is 12.4. The van der Waals surface area contributed by atoms with E-state index in [-0.39, 0.29) is 5.88 Å². The van der Waals surface area contributed by atoms with Gasteiger partial charge >= 0.3 is 5.97 Å². The molecule has 0 atom stereocenters. The highest BCUT2D eigenvalue weighted by Gasteiger charge is 2.15. The molecule has 2 rings (SSSR count). The van der Waals surface area contributed by atoms with E-state index < -0.39 is 5.97 Å².